The smallest absolute Gasteiger partial charge is 0.415 e. The topological polar surface area (TPSA) is 62.2 Å². The maximum atomic E-state index is 12.9. The first-order chi connectivity index (χ1) is 17.5. The Morgan fingerprint density at radius 1 is 0.806 bits per heavy atom. The average Bonchev–Trinajstić information content (AvgIpc) is 3.31. The first kappa shape index (κ1) is 25.0. The Labute approximate surface area is 211 Å². The fraction of sp³-hybridized carbons (Fsp3) is 0.276. The molecule has 4 rings (SSSR count). The van der Waals surface area contributed by atoms with Crippen molar-refractivity contribution in [2.45, 2.75) is 20.4 Å². The molecule has 0 saturated heterocycles. The van der Waals surface area contributed by atoms with Crippen molar-refractivity contribution >= 4 is 17.0 Å². The molecule has 0 saturated carbocycles. The van der Waals surface area contributed by atoms with Crippen LogP contribution in [0.4, 0.5) is 4.79 Å². The highest BCUT2D eigenvalue weighted by Gasteiger charge is 2.20. The Hall–Kier alpha value is -4.13. The lowest BCUT2D eigenvalue weighted by Gasteiger charge is -2.20. The van der Waals surface area contributed by atoms with Crippen molar-refractivity contribution in [3.63, 3.8) is 0 Å². The SMILES string of the molecule is CCN(CC)C(=O)Oc1ccc2c(ccn2Cc2ccccc2OC)c1-c1ccc(OC)c(OC)c1. The van der Waals surface area contributed by atoms with E-state index in [2.05, 4.69) is 10.6 Å². The van der Waals surface area contributed by atoms with Crippen LogP contribution in [0.3, 0.4) is 0 Å². The zero-order valence-electron chi connectivity index (χ0n) is 21.4. The van der Waals surface area contributed by atoms with Crippen LogP contribution in [0.2, 0.25) is 0 Å². The Morgan fingerprint density at radius 3 is 2.19 bits per heavy atom. The highest BCUT2D eigenvalue weighted by Crippen LogP contribution is 2.41. The van der Waals surface area contributed by atoms with Gasteiger partial charge in [-0.15, -0.1) is 0 Å². The molecule has 0 N–H and O–H groups in total. The fourth-order valence-corrected chi connectivity index (χ4v) is 4.42. The molecule has 0 aliphatic rings. The van der Waals surface area contributed by atoms with Gasteiger partial charge in [-0.05, 0) is 55.8 Å². The molecule has 3 aromatic carbocycles. The summed E-state index contributed by atoms with van der Waals surface area (Å²) in [5.41, 5.74) is 3.75. The first-order valence-corrected chi connectivity index (χ1v) is 12.0. The molecule has 7 heteroatoms. The lowest BCUT2D eigenvalue weighted by Crippen LogP contribution is -2.33. The molecule has 0 spiro atoms. The summed E-state index contributed by atoms with van der Waals surface area (Å²) >= 11 is 0. The van der Waals surface area contributed by atoms with Crippen molar-refractivity contribution in [1.82, 2.24) is 9.47 Å². The summed E-state index contributed by atoms with van der Waals surface area (Å²) in [6.45, 7) is 5.64. The van der Waals surface area contributed by atoms with E-state index in [4.69, 9.17) is 18.9 Å². The number of ether oxygens (including phenoxy) is 4. The number of amides is 1. The number of fused-ring (bicyclic) bond motifs is 1. The molecule has 4 aromatic rings. The van der Waals surface area contributed by atoms with Gasteiger partial charge in [0.1, 0.15) is 11.5 Å². The van der Waals surface area contributed by atoms with Crippen LogP contribution >= 0.6 is 0 Å². The van der Waals surface area contributed by atoms with Gasteiger partial charge in [-0.25, -0.2) is 4.79 Å². The van der Waals surface area contributed by atoms with Crippen LogP contribution in [0.15, 0.2) is 66.9 Å². The van der Waals surface area contributed by atoms with E-state index in [9.17, 15) is 4.79 Å². The van der Waals surface area contributed by atoms with Crippen molar-refractivity contribution < 1.29 is 23.7 Å². The van der Waals surface area contributed by atoms with E-state index in [1.165, 1.54) is 0 Å². The maximum Gasteiger partial charge on any atom is 0.415 e. The predicted octanol–water partition coefficient (Wildman–Crippen LogP) is 6.22. The van der Waals surface area contributed by atoms with Crippen LogP contribution in [-0.4, -0.2) is 50.0 Å². The average molecular weight is 489 g/mol. The monoisotopic (exact) mass is 488 g/mol. The quantitative estimate of drug-likeness (QED) is 0.280. The minimum atomic E-state index is -0.380. The van der Waals surface area contributed by atoms with Crippen LogP contribution in [0.1, 0.15) is 19.4 Å². The lowest BCUT2D eigenvalue weighted by atomic mass is 10.00. The number of benzene rings is 3. The molecule has 1 aromatic heterocycles. The number of hydrogen-bond donors (Lipinski definition) is 0. The van der Waals surface area contributed by atoms with E-state index in [-0.39, 0.29) is 6.09 Å². The Kier molecular flexibility index (Phi) is 7.68. The van der Waals surface area contributed by atoms with E-state index >= 15 is 0 Å². The molecule has 0 aliphatic carbocycles. The third kappa shape index (κ3) is 4.82. The number of aromatic nitrogens is 1. The zero-order chi connectivity index (χ0) is 25.7. The van der Waals surface area contributed by atoms with Gasteiger partial charge in [-0.3, -0.25) is 0 Å². The first-order valence-electron chi connectivity index (χ1n) is 12.0. The van der Waals surface area contributed by atoms with Gasteiger partial charge in [0.25, 0.3) is 0 Å². The standard InChI is InChI=1S/C29H32N2O5/c1-6-30(7-2)29(32)36-26-15-13-23-22(28(26)20-12-14-25(34-4)27(18-20)35-5)16-17-31(23)19-21-10-8-9-11-24(21)33-3/h8-18H,6-7,19H2,1-5H3. The number of rotatable bonds is 9. The van der Waals surface area contributed by atoms with Gasteiger partial charge < -0.3 is 28.4 Å². The predicted molar refractivity (Wildman–Crippen MR) is 142 cm³/mol. The summed E-state index contributed by atoms with van der Waals surface area (Å²) in [5.74, 6) is 2.55. The Balaban J connectivity index is 1.86. The summed E-state index contributed by atoms with van der Waals surface area (Å²) in [6, 6.07) is 19.6. The normalized spacial score (nSPS) is 10.8. The molecule has 0 atom stereocenters. The van der Waals surface area contributed by atoms with Gasteiger partial charge in [0.05, 0.1) is 27.9 Å². The largest absolute Gasteiger partial charge is 0.496 e. The summed E-state index contributed by atoms with van der Waals surface area (Å²) in [4.78, 5) is 14.5. The minimum absolute atomic E-state index is 0.380. The van der Waals surface area contributed by atoms with E-state index in [0.717, 1.165) is 33.3 Å². The highest BCUT2D eigenvalue weighted by atomic mass is 16.6. The molecule has 0 unspecified atom stereocenters. The molecule has 1 amide bonds. The summed E-state index contributed by atoms with van der Waals surface area (Å²) in [5, 5.41) is 0.960. The second-order valence-corrected chi connectivity index (χ2v) is 8.24. The number of nitrogens with zero attached hydrogens (tertiary/aromatic N) is 2. The van der Waals surface area contributed by atoms with E-state index in [0.29, 0.717) is 36.9 Å². The van der Waals surface area contributed by atoms with Crippen molar-refractivity contribution in [3.8, 4) is 34.1 Å². The van der Waals surface area contributed by atoms with Gasteiger partial charge in [0.2, 0.25) is 0 Å². The van der Waals surface area contributed by atoms with Gasteiger partial charge in [0, 0.05) is 41.3 Å². The van der Waals surface area contributed by atoms with E-state index in [1.54, 1.807) is 26.2 Å². The second-order valence-electron chi connectivity index (χ2n) is 8.24. The number of methoxy groups -OCH3 is 3. The van der Waals surface area contributed by atoms with Crippen molar-refractivity contribution in [2.24, 2.45) is 0 Å². The van der Waals surface area contributed by atoms with Gasteiger partial charge in [0.15, 0.2) is 11.5 Å². The molecule has 36 heavy (non-hydrogen) atoms. The van der Waals surface area contributed by atoms with Crippen molar-refractivity contribution in [2.75, 3.05) is 34.4 Å². The van der Waals surface area contributed by atoms with Crippen LogP contribution < -0.4 is 18.9 Å². The molecule has 0 bridgehead atoms. The molecule has 188 valence electrons. The summed E-state index contributed by atoms with van der Waals surface area (Å²) < 4.78 is 24.6. The summed E-state index contributed by atoms with van der Waals surface area (Å²) in [6.07, 6.45) is 1.66. The van der Waals surface area contributed by atoms with Crippen molar-refractivity contribution in [1.29, 1.82) is 0 Å². The number of carbonyl (C=O) groups excluding carboxylic acids is 1. The lowest BCUT2D eigenvalue weighted by molar-refractivity contribution is 0.157. The second kappa shape index (κ2) is 11.1. The fourth-order valence-electron chi connectivity index (χ4n) is 4.42. The van der Waals surface area contributed by atoms with Crippen LogP contribution in [0.25, 0.3) is 22.0 Å². The molecular weight excluding hydrogens is 456 g/mol. The molecule has 0 radical (unpaired) electrons. The third-order valence-electron chi connectivity index (χ3n) is 6.34. The number of carbonyl (C=O) groups is 1. The molecular formula is C29H32N2O5. The zero-order valence-corrected chi connectivity index (χ0v) is 21.4. The number of para-hydroxylation sites is 1. The van der Waals surface area contributed by atoms with Gasteiger partial charge >= 0.3 is 6.09 Å². The Morgan fingerprint density at radius 2 is 1.50 bits per heavy atom. The van der Waals surface area contributed by atoms with E-state index in [1.807, 2.05) is 74.6 Å². The maximum absolute atomic E-state index is 12.9. The van der Waals surface area contributed by atoms with Gasteiger partial charge in [-0.1, -0.05) is 24.3 Å². The minimum Gasteiger partial charge on any atom is -0.496 e. The van der Waals surface area contributed by atoms with Crippen molar-refractivity contribution in [3.05, 3.63) is 72.4 Å². The molecule has 1 heterocycles. The Bertz CT molecular complexity index is 1360. The molecule has 0 aliphatic heterocycles. The highest BCUT2D eigenvalue weighted by molar-refractivity contribution is 6.00. The van der Waals surface area contributed by atoms with Gasteiger partial charge in [-0.2, -0.15) is 0 Å². The van der Waals surface area contributed by atoms with Crippen LogP contribution in [0, 0.1) is 0 Å². The molecule has 7 nitrogen and oxygen atoms in total. The van der Waals surface area contributed by atoms with E-state index < -0.39 is 0 Å². The van der Waals surface area contributed by atoms with Crippen LogP contribution in [0.5, 0.6) is 23.0 Å². The third-order valence-corrected chi connectivity index (χ3v) is 6.34. The summed E-state index contributed by atoms with van der Waals surface area (Å²) in [7, 11) is 4.89. The van der Waals surface area contributed by atoms with Crippen LogP contribution in [-0.2, 0) is 6.54 Å². The number of hydrogen-bond acceptors (Lipinski definition) is 5. The molecule has 0 fully saturated rings.